The summed E-state index contributed by atoms with van der Waals surface area (Å²) in [5, 5.41) is 18.5. The maximum atomic E-state index is 5.28. The van der Waals surface area contributed by atoms with Gasteiger partial charge in [-0.1, -0.05) is 54.6 Å². The molecule has 1 aliphatic carbocycles. The Bertz CT molecular complexity index is 2030. The standard InChI is InChI=1S/C33H24N8/c1-3-10-22-20(8-1)17-19-35-31(22)30-29(27-16-15-21-9-2-4-12-24(21)36-27)28-23(25-13-5-6-18-34-25)11-7-14-26(28)37-32(30)33-38-40-41-39-33/h1-6,8-10,12-13,15-19,23H,7,11,14H2,(H,38,39,40,41). The van der Waals surface area contributed by atoms with Crippen molar-refractivity contribution >= 4 is 21.7 Å². The number of tetrazole rings is 1. The van der Waals surface area contributed by atoms with Crippen LogP contribution in [0.5, 0.6) is 0 Å². The number of rotatable bonds is 4. The molecular formula is C33H24N8. The van der Waals surface area contributed by atoms with Crippen molar-refractivity contribution in [3.8, 4) is 34.0 Å². The predicted octanol–water partition coefficient (Wildman–Crippen LogP) is 6.56. The molecule has 0 aliphatic heterocycles. The second-order valence-electron chi connectivity index (χ2n) is 10.3. The van der Waals surface area contributed by atoms with Gasteiger partial charge in [0, 0.05) is 51.6 Å². The Hall–Kier alpha value is -5.37. The first-order valence-electron chi connectivity index (χ1n) is 13.8. The van der Waals surface area contributed by atoms with Gasteiger partial charge >= 0.3 is 0 Å². The number of fused-ring (bicyclic) bond motifs is 3. The van der Waals surface area contributed by atoms with Gasteiger partial charge in [0.2, 0.25) is 5.82 Å². The number of aromatic amines is 1. The molecule has 0 saturated carbocycles. The number of pyridine rings is 4. The third-order valence-electron chi connectivity index (χ3n) is 7.94. The van der Waals surface area contributed by atoms with E-state index < -0.39 is 0 Å². The summed E-state index contributed by atoms with van der Waals surface area (Å²) in [5.74, 6) is 0.489. The highest BCUT2D eigenvalue weighted by Crippen LogP contribution is 2.48. The number of hydrogen-bond acceptors (Lipinski definition) is 7. The van der Waals surface area contributed by atoms with Gasteiger partial charge in [-0.3, -0.25) is 9.97 Å². The summed E-state index contributed by atoms with van der Waals surface area (Å²) >= 11 is 0. The van der Waals surface area contributed by atoms with E-state index in [-0.39, 0.29) is 5.92 Å². The molecule has 1 aliphatic rings. The lowest BCUT2D eigenvalue weighted by Gasteiger charge is -2.29. The minimum Gasteiger partial charge on any atom is -0.261 e. The van der Waals surface area contributed by atoms with Crippen molar-refractivity contribution < 1.29 is 0 Å². The third-order valence-corrected chi connectivity index (χ3v) is 7.94. The van der Waals surface area contributed by atoms with Crippen LogP contribution in [0.2, 0.25) is 0 Å². The highest BCUT2D eigenvalue weighted by atomic mass is 15.5. The monoisotopic (exact) mass is 532 g/mol. The van der Waals surface area contributed by atoms with Crippen LogP contribution in [-0.2, 0) is 6.42 Å². The van der Waals surface area contributed by atoms with Crippen LogP contribution in [0.4, 0.5) is 0 Å². The average Bonchev–Trinajstić information content (AvgIpc) is 3.59. The van der Waals surface area contributed by atoms with Crippen LogP contribution in [0.25, 0.3) is 55.7 Å². The number of para-hydroxylation sites is 1. The molecule has 8 nitrogen and oxygen atoms in total. The van der Waals surface area contributed by atoms with Gasteiger partial charge < -0.3 is 0 Å². The number of hydrogen-bond donors (Lipinski definition) is 1. The second kappa shape index (κ2) is 9.67. The Kier molecular flexibility index (Phi) is 5.55. The number of aromatic nitrogens is 8. The number of nitrogens with zero attached hydrogens (tertiary/aromatic N) is 7. The molecule has 2 aromatic carbocycles. The largest absolute Gasteiger partial charge is 0.261 e. The average molecular weight is 533 g/mol. The molecule has 1 N–H and O–H groups in total. The summed E-state index contributed by atoms with van der Waals surface area (Å²) < 4.78 is 0. The Morgan fingerprint density at radius 3 is 2.46 bits per heavy atom. The third kappa shape index (κ3) is 3.95. The minimum atomic E-state index is 0.0590. The first-order valence-corrected chi connectivity index (χ1v) is 13.8. The fraction of sp³-hybridized carbons (Fsp3) is 0.121. The van der Waals surface area contributed by atoms with Crippen molar-refractivity contribution in [1.82, 2.24) is 40.6 Å². The molecule has 41 heavy (non-hydrogen) atoms. The Morgan fingerprint density at radius 1 is 0.707 bits per heavy atom. The molecule has 7 aromatic rings. The van der Waals surface area contributed by atoms with Crippen LogP contribution in [0.3, 0.4) is 0 Å². The van der Waals surface area contributed by atoms with Gasteiger partial charge in [-0.05, 0) is 65.8 Å². The lowest BCUT2D eigenvalue weighted by molar-refractivity contribution is 0.594. The van der Waals surface area contributed by atoms with Crippen LogP contribution in [0, 0.1) is 0 Å². The molecule has 5 heterocycles. The molecular weight excluding hydrogens is 508 g/mol. The van der Waals surface area contributed by atoms with Gasteiger partial charge in [0.1, 0.15) is 5.69 Å². The van der Waals surface area contributed by atoms with E-state index in [4.69, 9.17) is 19.9 Å². The summed E-state index contributed by atoms with van der Waals surface area (Å²) in [6.45, 7) is 0. The van der Waals surface area contributed by atoms with Gasteiger partial charge in [-0.15, -0.1) is 10.2 Å². The summed E-state index contributed by atoms with van der Waals surface area (Å²) in [7, 11) is 0. The summed E-state index contributed by atoms with van der Waals surface area (Å²) in [6.07, 6.45) is 6.53. The highest BCUT2D eigenvalue weighted by Gasteiger charge is 2.33. The summed E-state index contributed by atoms with van der Waals surface area (Å²) in [6, 6.07) is 28.9. The smallest absolute Gasteiger partial charge is 0.223 e. The molecule has 8 heteroatoms. The van der Waals surface area contributed by atoms with Gasteiger partial charge in [-0.25, -0.2) is 9.97 Å². The zero-order valence-electron chi connectivity index (χ0n) is 22.1. The maximum absolute atomic E-state index is 5.28. The summed E-state index contributed by atoms with van der Waals surface area (Å²) in [5.41, 5.74) is 8.30. The molecule has 1 atom stereocenters. The van der Waals surface area contributed by atoms with Gasteiger partial charge in [0.05, 0.1) is 16.9 Å². The van der Waals surface area contributed by atoms with E-state index in [9.17, 15) is 0 Å². The van der Waals surface area contributed by atoms with E-state index in [0.717, 1.165) is 80.4 Å². The van der Waals surface area contributed by atoms with E-state index in [1.165, 1.54) is 0 Å². The zero-order chi connectivity index (χ0) is 27.2. The van der Waals surface area contributed by atoms with Crippen LogP contribution in [0.15, 0.2) is 97.3 Å². The van der Waals surface area contributed by atoms with Crippen molar-refractivity contribution in [2.24, 2.45) is 0 Å². The number of H-pyrrole nitrogens is 1. The Balaban J connectivity index is 1.55. The number of benzene rings is 2. The van der Waals surface area contributed by atoms with Gasteiger partial charge in [-0.2, -0.15) is 5.21 Å². The summed E-state index contributed by atoms with van der Waals surface area (Å²) in [4.78, 5) is 20.3. The second-order valence-corrected chi connectivity index (χ2v) is 10.3. The first kappa shape index (κ1) is 23.5. The van der Waals surface area contributed by atoms with Crippen LogP contribution < -0.4 is 0 Å². The first-order chi connectivity index (χ1) is 20.3. The number of nitrogens with one attached hydrogen (secondary N) is 1. The number of aryl methyl sites for hydroxylation is 1. The molecule has 0 amide bonds. The minimum absolute atomic E-state index is 0.0590. The topological polar surface area (TPSA) is 106 Å². The highest BCUT2D eigenvalue weighted by molar-refractivity contribution is 6.03. The van der Waals surface area contributed by atoms with E-state index >= 15 is 0 Å². The van der Waals surface area contributed by atoms with Crippen LogP contribution >= 0.6 is 0 Å². The lowest BCUT2D eigenvalue weighted by atomic mass is 9.77. The molecule has 0 bridgehead atoms. The van der Waals surface area contributed by atoms with Crippen LogP contribution in [0.1, 0.15) is 35.7 Å². The van der Waals surface area contributed by atoms with Crippen molar-refractivity contribution in [1.29, 1.82) is 0 Å². The van der Waals surface area contributed by atoms with Crippen molar-refractivity contribution in [3.63, 3.8) is 0 Å². The van der Waals surface area contributed by atoms with Gasteiger partial charge in [0.15, 0.2) is 0 Å². The van der Waals surface area contributed by atoms with E-state index in [1.54, 1.807) is 0 Å². The molecule has 196 valence electrons. The normalized spacial score (nSPS) is 14.8. The molecule has 0 spiro atoms. The Morgan fingerprint density at radius 2 is 1.59 bits per heavy atom. The Labute approximate surface area is 235 Å². The molecule has 0 fully saturated rings. The van der Waals surface area contributed by atoms with Gasteiger partial charge in [0.25, 0.3) is 0 Å². The van der Waals surface area contributed by atoms with E-state index in [1.807, 2.05) is 48.8 Å². The molecule has 0 saturated heterocycles. The van der Waals surface area contributed by atoms with Crippen molar-refractivity contribution in [2.75, 3.05) is 0 Å². The van der Waals surface area contributed by atoms with Crippen LogP contribution in [-0.4, -0.2) is 40.6 Å². The van der Waals surface area contributed by atoms with E-state index in [0.29, 0.717) is 11.5 Å². The fourth-order valence-electron chi connectivity index (χ4n) is 6.15. The maximum Gasteiger partial charge on any atom is 0.223 e. The van der Waals surface area contributed by atoms with Crippen molar-refractivity contribution in [3.05, 3.63) is 114 Å². The van der Waals surface area contributed by atoms with E-state index in [2.05, 4.69) is 69.2 Å². The lowest BCUT2D eigenvalue weighted by Crippen LogP contribution is -2.17. The van der Waals surface area contributed by atoms with Crippen molar-refractivity contribution in [2.45, 2.75) is 25.2 Å². The predicted molar refractivity (Wildman–Crippen MR) is 158 cm³/mol. The fourth-order valence-corrected chi connectivity index (χ4v) is 6.15. The zero-order valence-corrected chi connectivity index (χ0v) is 22.1. The molecule has 5 aromatic heterocycles. The quantitative estimate of drug-likeness (QED) is 0.274. The SMILES string of the molecule is c1ccc(C2CCCc3nc(-c4nn[nH]n4)c(-c4nccc5ccccc45)c(-c4ccc5ccccc5n4)c32)nc1. The molecule has 0 radical (unpaired) electrons. The molecule has 8 rings (SSSR count). The molecule has 1 unspecified atom stereocenters.